The van der Waals surface area contributed by atoms with E-state index in [1.54, 1.807) is 0 Å². The highest BCUT2D eigenvalue weighted by atomic mass is 35.5. The molecule has 15 heavy (non-hydrogen) atoms. The van der Waals surface area contributed by atoms with E-state index in [9.17, 15) is 13.2 Å². The summed E-state index contributed by atoms with van der Waals surface area (Å²) in [6.07, 6.45) is -4.52. The molecule has 0 bridgehead atoms. The van der Waals surface area contributed by atoms with Gasteiger partial charge in [0.1, 0.15) is 0 Å². The fourth-order valence-electron chi connectivity index (χ4n) is 1.20. The van der Waals surface area contributed by atoms with Crippen molar-refractivity contribution >= 4 is 11.6 Å². The fraction of sp³-hybridized carbons (Fsp3) is 0.333. The number of nitrogens with two attached hydrogens (primary N) is 1. The van der Waals surface area contributed by atoms with Gasteiger partial charge in [0.2, 0.25) is 0 Å². The lowest BCUT2D eigenvalue weighted by Crippen LogP contribution is -2.20. The van der Waals surface area contributed by atoms with Crippen LogP contribution in [-0.4, -0.2) is 11.7 Å². The van der Waals surface area contributed by atoms with Crippen molar-refractivity contribution in [3.05, 3.63) is 34.3 Å². The van der Waals surface area contributed by atoms with E-state index < -0.39 is 24.4 Å². The van der Waals surface area contributed by atoms with Crippen molar-refractivity contribution in [3.63, 3.8) is 0 Å². The highest BCUT2D eigenvalue weighted by molar-refractivity contribution is 6.30. The normalized spacial score (nSPS) is 14.0. The molecule has 1 aromatic rings. The SMILES string of the molecule is N[C@@H](CO)c1ccc(Cl)cc1C(F)(F)F. The Morgan fingerprint density at radius 1 is 1.40 bits per heavy atom. The summed E-state index contributed by atoms with van der Waals surface area (Å²) in [6, 6.07) is 2.22. The maximum absolute atomic E-state index is 12.5. The predicted octanol–water partition coefficient (Wildman–Crippen LogP) is 2.35. The van der Waals surface area contributed by atoms with Crippen molar-refractivity contribution in [1.29, 1.82) is 0 Å². The molecule has 0 spiro atoms. The summed E-state index contributed by atoms with van der Waals surface area (Å²) in [5.41, 5.74) is 4.28. The Morgan fingerprint density at radius 3 is 2.47 bits per heavy atom. The largest absolute Gasteiger partial charge is 0.416 e. The molecule has 1 aromatic carbocycles. The van der Waals surface area contributed by atoms with Crippen molar-refractivity contribution in [2.45, 2.75) is 12.2 Å². The predicted molar refractivity (Wildman–Crippen MR) is 50.5 cm³/mol. The van der Waals surface area contributed by atoms with Crippen molar-refractivity contribution in [3.8, 4) is 0 Å². The van der Waals surface area contributed by atoms with Crippen LogP contribution in [0.5, 0.6) is 0 Å². The highest BCUT2D eigenvalue weighted by Crippen LogP contribution is 2.35. The van der Waals surface area contributed by atoms with Crippen molar-refractivity contribution in [2.75, 3.05) is 6.61 Å². The first-order valence-electron chi connectivity index (χ1n) is 4.09. The van der Waals surface area contributed by atoms with Crippen LogP contribution in [0.15, 0.2) is 18.2 Å². The summed E-state index contributed by atoms with van der Waals surface area (Å²) in [5.74, 6) is 0. The Balaban J connectivity index is 3.27. The Hall–Kier alpha value is -0.780. The quantitative estimate of drug-likeness (QED) is 0.832. The molecule has 0 unspecified atom stereocenters. The zero-order chi connectivity index (χ0) is 11.6. The number of aliphatic hydroxyl groups excluding tert-OH is 1. The molecule has 0 saturated heterocycles. The molecule has 2 nitrogen and oxygen atoms in total. The van der Waals surface area contributed by atoms with Gasteiger partial charge in [0.05, 0.1) is 18.2 Å². The lowest BCUT2D eigenvalue weighted by Gasteiger charge is -2.16. The van der Waals surface area contributed by atoms with Gasteiger partial charge in [-0.1, -0.05) is 17.7 Å². The Labute approximate surface area is 89.5 Å². The van der Waals surface area contributed by atoms with Gasteiger partial charge in [-0.3, -0.25) is 0 Å². The van der Waals surface area contributed by atoms with Crippen molar-refractivity contribution < 1.29 is 18.3 Å². The molecule has 3 N–H and O–H groups in total. The van der Waals surface area contributed by atoms with Crippen LogP contribution in [0.4, 0.5) is 13.2 Å². The van der Waals surface area contributed by atoms with Crippen LogP contribution in [0.3, 0.4) is 0 Å². The minimum atomic E-state index is -4.52. The van der Waals surface area contributed by atoms with Crippen molar-refractivity contribution in [2.24, 2.45) is 5.73 Å². The van der Waals surface area contributed by atoms with E-state index in [0.717, 1.165) is 6.07 Å². The lowest BCUT2D eigenvalue weighted by atomic mass is 10.0. The van der Waals surface area contributed by atoms with Gasteiger partial charge in [-0.05, 0) is 17.7 Å². The lowest BCUT2D eigenvalue weighted by molar-refractivity contribution is -0.138. The van der Waals surface area contributed by atoms with E-state index in [2.05, 4.69) is 0 Å². The first kappa shape index (κ1) is 12.3. The molecule has 0 fully saturated rings. The van der Waals surface area contributed by atoms with Crippen LogP contribution in [0.25, 0.3) is 0 Å². The van der Waals surface area contributed by atoms with Gasteiger partial charge in [-0.15, -0.1) is 0 Å². The third kappa shape index (κ3) is 2.84. The summed E-state index contributed by atoms with van der Waals surface area (Å²) in [7, 11) is 0. The fourth-order valence-corrected chi connectivity index (χ4v) is 1.37. The first-order valence-corrected chi connectivity index (χ1v) is 4.47. The molecule has 0 amide bonds. The number of alkyl halides is 3. The molecule has 0 aromatic heterocycles. The van der Waals surface area contributed by atoms with Crippen LogP contribution in [-0.2, 0) is 6.18 Å². The summed E-state index contributed by atoms with van der Waals surface area (Å²) in [4.78, 5) is 0. The highest BCUT2D eigenvalue weighted by Gasteiger charge is 2.34. The van der Waals surface area contributed by atoms with E-state index >= 15 is 0 Å². The smallest absolute Gasteiger partial charge is 0.394 e. The van der Waals surface area contributed by atoms with Crippen molar-refractivity contribution in [1.82, 2.24) is 0 Å². The van der Waals surface area contributed by atoms with Gasteiger partial charge in [0.15, 0.2) is 0 Å². The summed E-state index contributed by atoms with van der Waals surface area (Å²) in [6.45, 7) is -0.551. The second-order valence-corrected chi connectivity index (χ2v) is 3.45. The van der Waals surface area contributed by atoms with Gasteiger partial charge in [0.25, 0.3) is 0 Å². The number of rotatable bonds is 2. The average Bonchev–Trinajstić information content (AvgIpc) is 2.15. The number of benzene rings is 1. The third-order valence-electron chi connectivity index (χ3n) is 1.92. The molecule has 0 aliphatic rings. The maximum atomic E-state index is 12.5. The monoisotopic (exact) mass is 239 g/mol. The third-order valence-corrected chi connectivity index (χ3v) is 2.15. The standard InChI is InChI=1S/C9H9ClF3NO/c10-5-1-2-6(8(14)4-15)7(3-5)9(11,12)13/h1-3,8,15H,4,14H2/t8-/m0/s1. The maximum Gasteiger partial charge on any atom is 0.416 e. The van der Waals surface area contributed by atoms with Gasteiger partial charge >= 0.3 is 6.18 Å². The minimum absolute atomic E-state index is 0.0174. The van der Waals surface area contributed by atoms with E-state index in [1.165, 1.54) is 12.1 Å². The van der Waals surface area contributed by atoms with E-state index in [4.69, 9.17) is 22.4 Å². The van der Waals surface area contributed by atoms with E-state index in [0.29, 0.717) is 0 Å². The number of hydrogen-bond acceptors (Lipinski definition) is 2. The van der Waals surface area contributed by atoms with E-state index in [1.807, 2.05) is 0 Å². The van der Waals surface area contributed by atoms with Gasteiger partial charge in [-0.2, -0.15) is 13.2 Å². The summed E-state index contributed by atoms with van der Waals surface area (Å²) >= 11 is 5.47. The minimum Gasteiger partial charge on any atom is -0.394 e. The molecule has 1 rings (SSSR count). The van der Waals surface area contributed by atoms with Crippen LogP contribution in [0, 0.1) is 0 Å². The molecule has 0 saturated carbocycles. The second-order valence-electron chi connectivity index (χ2n) is 3.02. The number of aliphatic hydroxyl groups is 1. The molecule has 0 radical (unpaired) electrons. The zero-order valence-electron chi connectivity index (χ0n) is 7.55. The topological polar surface area (TPSA) is 46.2 Å². The molecular formula is C9H9ClF3NO. The van der Waals surface area contributed by atoms with Crippen LogP contribution < -0.4 is 5.73 Å². The molecule has 0 heterocycles. The molecule has 0 aliphatic heterocycles. The first-order chi connectivity index (χ1) is 6.86. The Morgan fingerprint density at radius 2 is 2.00 bits per heavy atom. The van der Waals surface area contributed by atoms with Gasteiger partial charge < -0.3 is 10.8 Å². The molecule has 6 heteroatoms. The molecule has 1 atom stereocenters. The molecule has 84 valence electrons. The van der Waals surface area contributed by atoms with E-state index in [-0.39, 0.29) is 10.6 Å². The molecule has 0 aliphatic carbocycles. The van der Waals surface area contributed by atoms with Gasteiger partial charge in [0, 0.05) is 5.02 Å². The average molecular weight is 240 g/mol. The van der Waals surface area contributed by atoms with Crippen LogP contribution in [0.2, 0.25) is 5.02 Å². The van der Waals surface area contributed by atoms with Crippen LogP contribution >= 0.6 is 11.6 Å². The number of hydrogen-bond donors (Lipinski definition) is 2. The second kappa shape index (κ2) is 4.38. The van der Waals surface area contributed by atoms with Gasteiger partial charge in [-0.25, -0.2) is 0 Å². The van der Waals surface area contributed by atoms with Crippen LogP contribution in [0.1, 0.15) is 17.2 Å². The zero-order valence-corrected chi connectivity index (χ0v) is 8.31. The molecular weight excluding hydrogens is 231 g/mol. The summed E-state index contributed by atoms with van der Waals surface area (Å²) in [5, 5.41) is 8.70. The Bertz CT molecular complexity index is 354. The number of halogens is 4. The Kier molecular flexibility index (Phi) is 3.59. The summed E-state index contributed by atoms with van der Waals surface area (Å²) < 4.78 is 37.6.